The molecule has 0 amide bonds. The average Bonchev–Trinajstić information content (AvgIpc) is 2.37. The number of aliphatic hydroxyl groups excluding tert-OH is 1. The van der Waals surface area contributed by atoms with Crippen LogP contribution in [0.5, 0.6) is 0 Å². The van der Waals surface area contributed by atoms with E-state index < -0.39 is 11.7 Å². The first-order valence-corrected chi connectivity index (χ1v) is 6.87. The molecule has 3 atom stereocenters. The third-order valence-electron chi connectivity index (χ3n) is 4.25. The molecule has 1 fully saturated rings. The van der Waals surface area contributed by atoms with Crippen LogP contribution in [0.3, 0.4) is 0 Å². The van der Waals surface area contributed by atoms with Crippen LogP contribution in [0.2, 0.25) is 0 Å². The molecule has 1 aliphatic rings. The van der Waals surface area contributed by atoms with Crippen molar-refractivity contribution >= 4 is 0 Å². The van der Waals surface area contributed by atoms with Crippen molar-refractivity contribution in [3.63, 3.8) is 0 Å². The number of rotatable bonds is 3. The van der Waals surface area contributed by atoms with E-state index in [1.165, 1.54) is 12.0 Å². The van der Waals surface area contributed by atoms with Crippen molar-refractivity contribution in [1.29, 1.82) is 0 Å². The fourth-order valence-electron chi connectivity index (χ4n) is 3.23. The lowest BCUT2D eigenvalue weighted by Crippen LogP contribution is -2.42. The summed E-state index contributed by atoms with van der Waals surface area (Å²) in [6, 6.07) is 8.12. The zero-order chi connectivity index (χ0) is 13.2. The Bertz CT molecular complexity index is 402. The van der Waals surface area contributed by atoms with Gasteiger partial charge in [0.2, 0.25) is 0 Å². The van der Waals surface area contributed by atoms with E-state index in [-0.39, 0.29) is 0 Å². The van der Waals surface area contributed by atoms with Gasteiger partial charge in [-0.3, -0.25) is 0 Å². The number of hydrogen-bond acceptors (Lipinski definition) is 2. The minimum atomic E-state index is -0.523. The van der Waals surface area contributed by atoms with Crippen LogP contribution in [0.15, 0.2) is 24.3 Å². The standard InChI is InChI=1S/C16H24O2/c1-12-6-4-8-14(10-12)15(17)16(18-3)9-5-7-13(2)11-16/h4,6,8,10,13,15,17H,5,7,9,11H2,1-3H3. The normalized spacial score (nSPS) is 30.1. The summed E-state index contributed by atoms with van der Waals surface area (Å²) in [7, 11) is 1.73. The van der Waals surface area contributed by atoms with Crippen LogP contribution < -0.4 is 0 Å². The SMILES string of the molecule is COC1(C(O)c2cccc(C)c2)CCCC(C)C1. The van der Waals surface area contributed by atoms with E-state index in [0.717, 1.165) is 24.8 Å². The predicted octanol–water partition coefficient (Wildman–Crippen LogP) is 3.62. The molecule has 100 valence electrons. The van der Waals surface area contributed by atoms with Gasteiger partial charge in [0, 0.05) is 7.11 Å². The van der Waals surface area contributed by atoms with Crippen molar-refractivity contribution in [3.05, 3.63) is 35.4 Å². The van der Waals surface area contributed by atoms with Gasteiger partial charge < -0.3 is 9.84 Å². The summed E-state index contributed by atoms with van der Waals surface area (Å²) in [4.78, 5) is 0. The van der Waals surface area contributed by atoms with Crippen molar-refractivity contribution in [2.45, 2.75) is 51.2 Å². The average molecular weight is 248 g/mol. The Morgan fingerprint density at radius 3 is 2.83 bits per heavy atom. The van der Waals surface area contributed by atoms with Gasteiger partial charge in [-0.15, -0.1) is 0 Å². The summed E-state index contributed by atoms with van der Waals surface area (Å²) >= 11 is 0. The Kier molecular flexibility index (Phi) is 4.08. The highest BCUT2D eigenvalue weighted by Gasteiger charge is 2.42. The Morgan fingerprint density at radius 1 is 1.44 bits per heavy atom. The molecule has 2 rings (SSSR count). The first-order valence-electron chi connectivity index (χ1n) is 6.87. The third kappa shape index (κ3) is 2.60. The van der Waals surface area contributed by atoms with Crippen LogP contribution in [-0.4, -0.2) is 17.8 Å². The Hall–Kier alpha value is -0.860. The van der Waals surface area contributed by atoms with Crippen molar-refractivity contribution in [3.8, 4) is 0 Å². The number of aryl methyl sites for hydroxylation is 1. The van der Waals surface area contributed by atoms with Gasteiger partial charge >= 0.3 is 0 Å². The van der Waals surface area contributed by atoms with E-state index >= 15 is 0 Å². The smallest absolute Gasteiger partial charge is 0.108 e. The summed E-state index contributed by atoms with van der Waals surface area (Å²) in [6.07, 6.45) is 3.75. The molecule has 1 aromatic carbocycles. The number of ether oxygens (including phenoxy) is 1. The molecule has 2 heteroatoms. The first kappa shape index (κ1) is 13.6. The molecular formula is C16H24O2. The highest BCUT2D eigenvalue weighted by atomic mass is 16.5. The molecule has 0 aromatic heterocycles. The Morgan fingerprint density at radius 2 is 2.22 bits per heavy atom. The molecule has 0 aliphatic heterocycles. The quantitative estimate of drug-likeness (QED) is 0.885. The molecule has 0 bridgehead atoms. The highest BCUT2D eigenvalue weighted by molar-refractivity contribution is 5.26. The first-order chi connectivity index (χ1) is 8.57. The molecule has 1 N–H and O–H groups in total. The Balaban J connectivity index is 2.26. The van der Waals surface area contributed by atoms with Crippen molar-refractivity contribution in [2.75, 3.05) is 7.11 Å². The van der Waals surface area contributed by atoms with E-state index in [2.05, 4.69) is 26.0 Å². The van der Waals surface area contributed by atoms with Gasteiger partial charge in [0.15, 0.2) is 0 Å². The van der Waals surface area contributed by atoms with Crippen LogP contribution >= 0.6 is 0 Å². The summed E-state index contributed by atoms with van der Waals surface area (Å²) in [5, 5.41) is 10.7. The van der Waals surface area contributed by atoms with E-state index in [9.17, 15) is 5.11 Å². The second kappa shape index (κ2) is 5.41. The van der Waals surface area contributed by atoms with Gasteiger partial charge in [-0.25, -0.2) is 0 Å². The molecule has 0 saturated heterocycles. The molecule has 2 nitrogen and oxygen atoms in total. The number of benzene rings is 1. The minimum absolute atomic E-state index is 0.397. The molecule has 18 heavy (non-hydrogen) atoms. The number of methoxy groups -OCH3 is 1. The summed E-state index contributed by atoms with van der Waals surface area (Å²) in [6.45, 7) is 4.30. The number of aliphatic hydroxyl groups is 1. The fourth-order valence-corrected chi connectivity index (χ4v) is 3.23. The minimum Gasteiger partial charge on any atom is -0.385 e. The Labute approximate surface area is 110 Å². The lowest BCUT2D eigenvalue weighted by Gasteiger charge is -2.42. The lowest BCUT2D eigenvalue weighted by atomic mass is 9.74. The highest BCUT2D eigenvalue weighted by Crippen LogP contribution is 2.43. The van der Waals surface area contributed by atoms with Gasteiger partial charge in [0.25, 0.3) is 0 Å². The predicted molar refractivity (Wildman–Crippen MR) is 73.5 cm³/mol. The van der Waals surface area contributed by atoms with E-state index in [1.807, 2.05) is 12.1 Å². The maximum atomic E-state index is 10.7. The van der Waals surface area contributed by atoms with E-state index in [4.69, 9.17) is 4.74 Å². The van der Waals surface area contributed by atoms with Gasteiger partial charge in [-0.1, -0.05) is 49.6 Å². The molecule has 3 unspecified atom stereocenters. The molecule has 1 aliphatic carbocycles. The van der Waals surface area contributed by atoms with Crippen LogP contribution in [0.4, 0.5) is 0 Å². The van der Waals surface area contributed by atoms with Gasteiger partial charge in [-0.2, -0.15) is 0 Å². The maximum Gasteiger partial charge on any atom is 0.108 e. The number of hydrogen-bond donors (Lipinski definition) is 1. The van der Waals surface area contributed by atoms with Gasteiger partial charge in [-0.05, 0) is 31.2 Å². The second-order valence-corrected chi connectivity index (χ2v) is 5.79. The van der Waals surface area contributed by atoms with Gasteiger partial charge in [0.1, 0.15) is 6.10 Å². The zero-order valence-corrected chi connectivity index (χ0v) is 11.6. The van der Waals surface area contributed by atoms with E-state index in [0.29, 0.717) is 5.92 Å². The molecule has 0 spiro atoms. The maximum absolute atomic E-state index is 10.7. The zero-order valence-electron chi connectivity index (χ0n) is 11.6. The van der Waals surface area contributed by atoms with Gasteiger partial charge in [0.05, 0.1) is 5.60 Å². The lowest BCUT2D eigenvalue weighted by molar-refractivity contribution is -0.134. The molecule has 0 heterocycles. The van der Waals surface area contributed by atoms with Crippen LogP contribution in [-0.2, 0) is 4.74 Å². The van der Waals surface area contributed by atoms with Crippen molar-refractivity contribution < 1.29 is 9.84 Å². The summed E-state index contributed by atoms with van der Waals surface area (Å²) < 4.78 is 5.76. The molecule has 1 aromatic rings. The van der Waals surface area contributed by atoms with E-state index in [1.54, 1.807) is 7.11 Å². The largest absolute Gasteiger partial charge is 0.385 e. The fraction of sp³-hybridized carbons (Fsp3) is 0.625. The second-order valence-electron chi connectivity index (χ2n) is 5.79. The molecule has 1 saturated carbocycles. The van der Waals surface area contributed by atoms with Crippen molar-refractivity contribution in [1.82, 2.24) is 0 Å². The van der Waals surface area contributed by atoms with Crippen LogP contribution in [0.1, 0.15) is 49.8 Å². The molecular weight excluding hydrogens is 224 g/mol. The van der Waals surface area contributed by atoms with Crippen molar-refractivity contribution in [2.24, 2.45) is 5.92 Å². The monoisotopic (exact) mass is 248 g/mol. The molecule has 0 radical (unpaired) electrons. The van der Waals surface area contributed by atoms with Crippen LogP contribution in [0, 0.1) is 12.8 Å². The van der Waals surface area contributed by atoms with Crippen LogP contribution in [0.25, 0.3) is 0 Å². The topological polar surface area (TPSA) is 29.5 Å². The summed E-state index contributed by atoms with van der Waals surface area (Å²) in [5.41, 5.74) is 1.76. The summed E-state index contributed by atoms with van der Waals surface area (Å²) in [5.74, 6) is 0.623. The third-order valence-corrected chi connectivity index (χ3v) is 4.25.